The molecule has 0 atom stereocenters. The van der Waals surface area contributed by atoms with E-state index in [1.54, 1.807) is 14.2 Å². The summed E-state index contributed by atoms with van der Waals surface area (Å²) >= 11 is 0. The molecule has 0 aliphatic heterocycles. The van der Waals surface area contributed by atoms with Gasteiger partial charge < -0.3 is 9.47 Å². The van der Waals surface area contributed by atoms with Crippen LogP contribution in [-0.4, -0.2) is 14.2 Å². The summed E-state index contributed by atoms with van der Waals surface area (Å²) in [7, 11) is 3.41. The number of hydrogen-bond acceptors (Lipinski definition) is 2. The zero-order valence-electron chi connectivity index (χ0n) is 9.95. The highest BCUT2D eigenvalue weighted by Gasteiger charge is 2.12. The Balaban J connectivity index is 2.39. The molecule has 0 heterocycles. The maximum Gasteiger partial charge on any atom is 0.126 e. The van der Waals surface area contributed by atoms with E-state index in [0.717, 1.165) is 17.9 Å². The van der Waals surface area contributed by atoms with Crippen molar-refractivity contribution in [2.75, 3.05) is 14.2 Å². The van der Waals surface area contributed by atoms with Gasteiger partial charge in [0, 0.05) is 5.56 Å². The molecule has 0 saturated carbocycles. The minimum absolute atomic E-state index is 0.891. The molecular weight excluding hydrogens is 200 g/mol. The quantitative estimate of drug-likeness (QED) is 0.770. The van der Waals surface area contributed by atoms with E-state index in [-0.39, 0.29) is 0 Å². The third kappa shape index (κ3) is 2.21. The first kappa shape index (κ1) is 11.1. The van der Waals surface area contributed by atoms with Gasteiger partial charge in [0.25, 0.3) is 0 Å². The lowest BCUT2D eigenvalue weighted by Gasteiger charge is -2.16. The van der Waals surface area contributed by atoms with Crippen LogP contribution in [0.1, 0.15) is 31.2 Å². The van der Waals surface area contributed by atoms with Crippen molar-refractivity contribution < 1.29 is 9.47 Å². The molecule has 86 valence electrons. The molecule has 1 aliphatic rings. The van der Waals surface area contributed by atoms with Crippen LogP contribution in [0, 0.1) is 0 Å². The van der Waals surface area contributed by atoms with Crippen molar-refractivity contribution in [1.29, 1.82) is 0 Å². The zero-order chi connectivity index (χ0) is 11.4. The molecule has 0 spiro atoms. The fourth-order valence-corrected chi connectivity index (χ4v) is 2.15. The molecule has 1 aromatic carbocycles. The summed E-state index contributed by atoms with van der Waals surface area (Å²) < 4.78 is 10.7. The Kier molecular flexibility index (Phi) is 3.50. The fraction of sp³-hybridized carbons (Fsp3) is 0.429. The van der Waals surface area contributed by atoms with Crippen LogP contribution in [0.4, 0.5) is 0 Å². The Hall–Kier alpha value is -1.44. The maximum absolute atomic E-state index is 5.40. The van der Waals surface area contributed by atoms with Gasteiger partial charge in [0.05, 0.1) is 14.2 Å². The van der Waals surface area contributed by atoms with Crippen LogP contribution < -0.4 is 9.47 Å². The van der Waals surface area contributed by atoms with Crippen LogP contribution in [0.5, 0.6) is 11.5 Å². The molecule has 0 radical (unpaired) electrons. The van der Waals surface area contributed by atoms with Crippen LogP contribution >= 0.6 is 0 Å². The summed E-state index contributed by atoms with van der Waals surface area (Å²) in [6, 6.07) is 5.98. The van der Waals surface area contributed by atoms with Gasteiger partial charge in [-0.3, -0.25) is 0 Å². The smallest absolute Gasteiger partial charge is 0.126 e. The highest BCUT2D eigenvalue weighted by Crippen LogP contribution is 2.35. The van der Waals surface area contributed by atoms with Gasteiger partial charge in [-0.25, -0.2) is 0 Å². The predicted molar refractivity (Wildman–Crippen MR) is 66.0 cm³/mol. The SMILES string of the molecule is COc1ccc(OC)c(C2=CCCCC2)c1. The van der Waals surface area contributed by atoms with E-state index in [1.807, 2.05) is 12.1 Å². The lowest BCUT2D eigenvalue weighted by molar-refractivity contribution is 0.401. The van der Waals surface area contributed by atoms with E-state index in [0.29, 0.717) is 0 Å². The van der Waals surface area contributed by atoms with Crippen molar-refractivity contribution in [3.8, 4) is 11.5 Å². The van der Waals surface area contributed by atoms with E-state index in [4.69, 9.17) is 9.47 Å². The average molecular weight is 218 g/mol. The largest absolute Gasteiger partial charge is 0.497 e. The Morgan fingerprint density at radius 2 is 1.94 bits per heavy atom. The maximum atomic E-state index is 5.40. The monoisotopic (exact) mass is 218 g/mol. The van der Waals surface area contributed by atoms with Crippen LogP contribution in [-0.2, 0) is 0 Å². The average Bonchev–Trinajstić information content (AvgIpc) is 2.39. The molecule has 0 bridgehead atoms. The molecule has 0 N–H and O–H groups in total. The summed E-state index contributed by atoms with van der Waals surface area (Å²) in [4.78, 5) is 0. The Morgan fingerprint density at radius 1 is 1.06 bits per heavy atom. The summed E-state index contributed by atoms with van der Waals surface area (Å²) in [6.07, 6.45) is 7.21. The minimum Gasteiger partial charge on any atom is -0.497 e. The molecule has 1 aromatic rings. The topological polar surface area (TPSA) is 18.5 Å². The minimum atomic E-state index is 0.891. The van der Waals surface area contributed by atoms with Gasteiger partial charge in [-0.15, -0.1) is 0 Å². The zero-order valence-corrected chi connectivity index (χ0v) is 9.95. The molecule has 16 heavy (non-hydrogen) atoms. The number of allylic oxidation sites excluding steroid dienone is 2. The van der Waals surface area contributed by atoms with Gasteiger partial charge in [-0.2, -0.15) is 0 Å². The van der Waals surface area contributed by atoms with Gasteiger partial charge >= 0.3 is 0 Å². The van der Waals surface area contributed by atoms with Crippen molar-refractivity contribution >= 4 is 5.57 Å². The van der Waals surface area contributed by atoms with Crippen molar-refractivity contribution in [2.24, 2.45) is 0 Å². The van der Waals surface area contributed by atoms with Gasteiger partial charge in [-0.05, 0) is 49.5 Å². The highest BCUT2D eigenvalue weighted by molar-refractivity contribution is 5.72. The third-order valence-corrected chi connectivity index (χ3v) is 3.04. The fourth-order valence-electron chi connectivity index (χ4n) is 2.15. The first-order chi connectivity index (χ1) is 7.85. The molecule has 0 aromatic heterocycles. The second-order valence-electron chi connectivity index (χ2n) is 4.04. The summed E-state index contributed by atoms with van der Waals surface area (Å²) in [5.74, 6) is 1.83. The number of ether oxygens (including phenoxy) is 2. The number of methoxy groups -OCH3 is 2. The Labute approximate surface area is 96.9 Å². The molecular formula is C14H18O2. The van der Waals surface area contributed by atoms with Crippen molar-refractivity contribution in [2.45, 2.75) is 25.7 Å². The van der Waals surface area contributed by atoms with Gasteiger partial charge in [0.1, 0.15) is 11.5 Å². The number of benzene rings is 1. The van der Waals surface area contributed by atoms with E-state index in [1.165, 1.54) is 30.4 Å². The second kappa shape index (κ2) is 5.06. The molecule has 2 heteroatoms. The standard InChI is InChI=1S/C14H18O2/c1-15-12-8-9-14(16-2)13(10-12)11-6-4-3-5-7-11/h6,8-10H,3-5,7H2,1-2H3. The van der Waals surface area contributed by atoms with Crippen LogP contribution in [0.25, 0.3) is 5.57 Å². The number of rotatable bonds is 3. The van der Waals surface area contributed by atoms with Gasteiger partial charge in [0.15, 0.2) is 0 Å². The predicted octanol–water partition coefficient (Wildman–Crippen LogP) is 3.66. The van der Waals surface area contributed by atoms with E-state index in [2.05, 4.69) is 12.1 Å². The van der Waals surface area contributed by atoms with Gasteiger partial charge in [0.2, 0.25) is 0 Å². The third-order valence-electron chi connectivity index (χ3n) is 3.04. The summed E-state index contributed by atoms with van der Waals surface area (Å²) in [5, 5.41) is 0. The Morgan fingerprint density at radius 3 is 2.56 bits per heavy atom. The van der Waals surface area contributed by atoms with Crippen LogP contribution in [0.3, 0.4) is 0 Å². The highest BCUT2D eigenvalue weighted by atomic mass is 16.5. The second-order valence-corrected chi connectivity index (χ2v) is 4.04. The van der Waals surface area contributed by atoms with Crippen molar-refractivity contribution in [3.05, 3.63) is 29.8 Å². The molecule has 0 saturated heterocycles. The van der Waals surface area contributed by atoms with Gasteiger partial charge in [-0.1, -0.05) is 6.08 Å². The first-order valence-electron chi connectivity index (χ1n) is 5.76. The molecule has 0 fully saturated rings. The Bertz CT molecular complexity index is 394. The normalized spacial score (nSPS) is 15.5. The summed E-state index contributed by atoms with van der Waals surface area (Å²) in [6.45, 7) is 0. The lowest BCUT2D eigenvalue weighted by Crippen LogP contribution is -1.96. The van der Waals surface area contributed by atoms with E-state index < -0.39 is 0 Å². The molecule has 1 aliphatic carbocycles. The summed E-state index contributed by atoms with van der Waals surface area (Å²) in [5.41, 5.74) is 2.57. The lowest BCUT2D eigenvalue weighted by atomic mass is 9.93. The van der Waals surface area contributed by atoms with E-state index in [9.17, 15) is 0 Å². The molecule has 2 nitrogen and oxygen atoms in total. The van der Waals surface area contributed by atoms with E-state index >= 15 is 0 Å². The molecule has 2 rings (SSSR count). The number of hydrogen-bond donors (Lipinski definition) is 0. The van der Waals surface area contributed by atoms with Crippen molar-refractivity contribution in [1.82, 2.24) is 0 Å². The molecule has 0 amide bonds. The first-order valence-corrected chi connectivity index (χ1v) is 5.76. The van der Waals surface area contributed by atoms with Crippen molar-refractivity contribution in [3.63, 3.8) is 0 Å². The molecule has 0 unspecified atom stereocenters. The van der Waals surface area contributed by atoms with Crippen LogP contribution in [0.2, 0.25) is 0 Å². The van der Waals surface area contributed by atoms with Crippen LogP contribution in [0.15, 0.2) is 24.3 Å².